The zero-order chi connectivity index (χ0) is 8.10. The summed E-state index contributed by atoms with van der Waals surface area (Å²) in [5.41, 5.74) is 1.64. The minimum absolute atomic E-state index is 0.0914. The third-order valence-electron chi connectivity index (χ3n) is 1.47. The molecule has 0 atom stereocenters. The SMILES string of the molecule is N#Cc1ccc(CC[O])cc1. The van der Waals surface area contributed by atoms with E-state index in [4.69, 9.17) is 5.26 Å². The molecule has 2 nitrogen and oxygen atoms in total. The second kappa shape index (κ2) is 3.75. The van der Waals surface area contributed by atoms with Gasteiger partial charge in [-0.25, -0.2) is 5.11 Å². The molecule has 0 fully saturated rings. The van der Waals surface area contributed by atoms with Crippen LogP contribution in [0.4, 0.5) is 0 Å². The second-order valence-electron chi connectivity index (χ2n) is 2.26. The third kappa shape index (κ3) is 2.06. The first-order valence-corrected chi connectivity index (χ1v) is 3.44. The Morgan fingerprint density at radius 2 is 1.91 bits per heavy atom. The summed E-state index contributed by atoms with van der Waals surface area (Å²) in [6, 6.07) is 9.10. The van der Waals surface area contributed by atoms with Crippen molar-refractivity contribution >= 4 is 0 Å². The molecule has 0 aliphatic carbocycles. The van der Waals surface area contributed by atoms with Gasteiger partial charge in [0.15, 0.2) is 0 Å². The minimum atomic E-state index is -0.0914. The molecule has 0 amide bonds. The van der Waals surface area contributed by atoms with Gasteiger partial charge in [-0.2, -0.15) is 5.26 Å². The Kier molecular flexibility index (Phi) is 2.65. The van der Waals surface area contributed by atoms with Gasteiger partial charge in [0.05, 0.1) is 18.2 Å². The molecule has 0 bridgehead atoms. The zero-order valence-corrected chi connectivity index (χ0v) is 6.08. The van der Waals surface area contributed by atoms with E-state index in [1.54, 1.807) is 12.1 Å². The number of hydrogen-bond donors (Lipinski definition) is 0. The van der Waals surface area contributed by atoms with E-state index in [1.165, 1.54) is 0 Å². The van der Waals surface area contributed by atoms with Crippen molar-refractivity contribution in [2.45, 2.75) is 6.42 Å². The molecular formula is C9H8NO. The van der Waals surface area contributed by atoms with Crippen molar-refractivity contribution in [2.24, 2.45) is 0 Å². The van der Waals surface area contributed by atoms with Crippen molar-refractivity contribution in [3.63, 3.8) is 0 Å². The molecule has 11 heavy (non-hydrogen) atoms. The predicted molar refractivity (Wildman–Crippen MR) is 40.4 cm³/mol. The molecular weight excluding hydrogens is 138 g/mol. The number of rotatable bonds is 2. The predicted octanol–water partition coefficient (Wildman–Crippen LogP) is 1.53. The molecule has 0 aliphatic rings. The van der Waals surface area contributed by atoms with Gasteiger partial charge in [0, 0.05) is 0 Å². The summed E-state index contributed by atoms with van der Waals surface area (Å²) in [5, 5.41) is 18.6. The lowest BCUT2D eigenvalue weighted by atomic mass is 10.1. The maximum atomic E-state index is 10.2. The van der Waals surface area contributed by atoms with Crippen molar-refractivity contribution in [1.29, 1.82) is 5.26 Å². The van der Waals surface area contributed by atoms with Crippen LogP contribution in [-0.4, -0.2) is 6.61 Å². The Hall–Kier alpha value is -1.33. The maximum Gasteiger partial charge on any atom is 0.0991 e. The number of benzene rings is 1. The third-order valence-corrected chi connectivity index (χ3v) is 1.47. The van der Waals surface area contributed by atoms with Crippen LogP contribution in [0.3, 0.4) is 0 Å². The van der Waals surface area contributed by atoms with Crippen molar-refractivity contribution in [2.75, 3.05) is 6.61 Å². The average molecular weight is 146 g/mol. The first kappa shape index (κ1) is 7.77. The summed E-state index contributed by atoms with van der Waals surface area (Å²) in [4.78, 5) is 0. The lowest BCUT2D eigenvalue weighted by molar-refractivity contribution is 0.197. The average Bonchev–Trinajstić information content (AvgIpc) is 2.07. The summed E-state index contributed by atoms with van der Waals surface area (Å²) >= 11 is 0. The van der Waals surface area contributed by atoms with Crippen LogP contribution >= 0.6 is 0 Å². The number of hydrogen-bond acceptors (Lipinski definition) is 1. The molecule has 2 heteroatoms. The highest BCUT2D eigenvalue weighted by molar-refractivity contribution is 5.31. The largest absolute Gasteiger partial charge is 0.236 e. The van der Waals surface area contributed by atoms with Crippen LogP contribution in [0.2, 0.25) is 0 Å². The molecule has 1 aromatic rings. The summed E-state index contributed by atoms with van der Waals surface area (Å²) in [6.45, 7) is -0.0914. The highest BCUT2D eigenvalue weighted by atomic mass is 16.2. The van der Waals surface area contributed by atoms with Gasteiger partial charge in [-0.15, -0.1) is 0 Å². The van der Waals surface area contributed by atoms with Gasteiger partial charge >= 0.3 is 0 Å². The number of nitrogens with zero attached hydrogens (tertiary/aromatic N) is 1. The first-order chi connectivity index (χ1) is 5.36. The van der Waals surface area contributed by atoms with Crippen LogP contribution in [0, 0.1) is 11.3 Å². The minimum Gasteiger partial charge on any atom is -0.236 e. The smallest absolute Gasteiger partial charge is 0.0991 e. The van der Waals surface area contributed by atoms with E-state index in [0.29, 0.717) is 12.0 Å². The Bertz CT molecular complexity index is 258. The van der Waals surface area contributed by atoms with Crippen LogP contribution in [0.15, 0.2) is 24.3 Å². The molecule has 0 heterocycles. The molecule has 0 spiro atoms. The molecule has 0 saturated heterocycles. The standard InChI is InChI=1S/C9H8NO/c10-7-9-3-1-8(2-4-9)5-6-11/h1-4H,5-6H2. The summed E-state index contributed by atoms with van der Waals surface area (Å²) < 4.78 is 0. The highest BCUT2D eigenvalue weighted by Gasteiger charge is 1.91. The molecule has 0 unspecified atom stereocenters. The van der Waals surface area contributed by atoms with E-state index < -0.39 is 0 Å². The van der Waals surface area contributed by atoms with Gasteiger partial charge in [-0.05, 0) is 24.1 Å². The van der Waals surface area contributed by atoms with Crippen molar-refractivity contribution in [1.82, 2.24) is 0 Å². The molecule has 1 aromatic carbocycles. The maximum absolute atomic E-state index is 10.2. The summed E-state index contributed by atoms with van der Waals surface area (Å²) in [6.07, 6.45) is 0.547. The molecule has 0 aromatic heterocycles. The lowest BCUT2D eigenvalue weighted by Crippen LogP contribution is -1.88. The topological polar surface area (TPSA) is 43.7 Å². The van der Waals surface area contributed by atoms with Crippen LogP contribution < -0.4 is 0 Å². The van der Waals surface area contributed by atoms with E-state index in [2.05, 4.69) is 0 Å². The van der Waals surface area contributed by atoms with E-state index in [9.17, 15) is 5.11 Å². The normalized spacial score (nSPS) is 9.09. The van der Waals surface area contributed by atoms with Crippen LogP contribution in [-0.2, 0) is 11.5 Å². The van der Waals surface area contributed by atoms with Gasteiger partial charge in [0.2, 0.25) is 0 Å². The van der Waals surface area contributed by atoms with Gasteiger partial charge in [-0.3, -0.25) is 0 Å². The van der Waals surface area contributed by atoms with E-state index >= 15 is 0 Å². The molecule has 0 N–H and O–H groups in total. The Morgan fingerprint density at radius 3 is 2.36 bits per heavy atom. The molecule has 0 saturated carbocycles. The van der Waals surface area contributed by atoms with Gasteiger partial charge in [0.1, 0.15) is 0 Å². The number of nitriles is 1. The molecule has 55 valence electrons. The van der Waals surface area contributed by atoms with Crippen molar-refractivity contribution in [3.8, 4) is 6.07 Å². The van der Waals surface area contributed by atoms with Gasteiger partial charge in [-0.1, -0.05) is 12.1 Å². The van der Waals surface area contributed by atoms with E-state index in [1.807, 2.05) is 18.2 Å². The Balaban J connectivity index is 2.76. The van der Waals surface area contributed by atoms with Crippen molar-refractivity contribution in [3.05, 3.63) is 35.4 Å². The van der Waals surface area contributed by atoms with Crippen LogP contribution in [0.1, 0.15) is 11.1 Å². The van der Waals surface area contributed by atoms with E-state index in [-0.39, 0.29) is 6.61 Å². The quantitative estimate of drug-likeness (QED) is 0.624. The Labute approximate surface area is 65.7 Å². The molecule has 1 radical (unpaired) electrons. The fourth-order valence-corrected chi connectivity index (χ4v) is 0.864. The summed E-state index contributed by atoms with van der Waals surface area (Å²) in [5.74, 6) is 0. The second-order valence-corrected chi connectivity index (χ2v) is 2.26. The zero-order valence-electron chi connectivity index (χ0n) is 6.08. The van der Waals surface area contributed by atoms with Crippen LogP contribution in [0.5, 0.6) is 0 Å². The first-order valence-electron chi connectivity index (χ1n) is 3.44. The summed E-state index contributed by atoms with van der Waals surface area (Å²) in [7, 11) is 0. The monoisotopic (exact) mass is 146 g/mol. The lowest BCUT2D eigenvalue weighted by Gasteiger charge is -1.94. The fraction of sp³-hybridized carbons (Fsp3) is 0.222. The fourth-order valence-electron chi connectivity index (χ4n) is 0.864. The highest BCUT2D eigenvalue weighted by Crippen LogP contribution is 2.03. The van der Waals surface area contributed by atoms with Crippen LogP contribution in [0.25, 0.3) is 0 Å². The molecule has 0 aliphatic heterocycles. The molecule has 1 rings (SSSR count). The van der Waals surface area contributed by atoms with Gasteiger partial charge < -0.3 is 0 Å². The van der Waals surface area contributed by atoms with Crippen molar-refractivity contribution < 1.29 is 5.11 Å². The van der Waals surface area contributed by atoms with E-state index in [0.717, 1.165) is 5.56 Å². The van der Waals surface area contributed by atoms with Gasteiger partial charge in [0.25, 0.3) is 0 Å². The Morgan fingerprint density at radius 1 is 1.27 bits per heavy atom.